The number of aldehydes is 1. The van der Waals surface area contributed by atoms with Crippen LogP contribution in [0.15, 0.2) is 24.3 Å². The number of likely N-dealkylation sites (tertiary alicyclic amines) is 1. The predicted octanol–water partition coefficient (Wildman–Crippen LogP) is -0.131. The van der Waals surface area contributed by atoms with E-state index in [2.05, 4.69) is 16.0 Å². The number of aliphatic carboxylic acids is 1. The fourth-order valence-electron chi connectivity index (χ4n) is 4.15. The van der Waals surface area contributed by atoms with Gasteiger partial charge in [0.2, 0.25) is 23.6 Å². The van der Waals surface area contributed by atoms with E-state index in [9.17, 15) is 28.8 Å². The van der Waals surface area contributed by atoms with Crippen LogP contribution in [0.2, 0.25) is 0 Å². The molecule has 4 amide bonds. The minimum Gasteiger partial charge on any atom is -0.497 e. The lowest BCUT2D eigenvalue weighted by Crippen LogP contribution is -2.54. The molecule has 0 aliphatic carbocycles. The number of benzene rings is 1. The smallest absolute Gasteiger partial charge is 0.305 e. The number of nitrogens with zero attached hydrogens (tertiary/aromatic N) is 1. The standard InChI is InChI=1S/C26H36N4O9/c1-5-15(2)24(28-16(3)32)26(37)27-12-22(33)30-13-20(39-19-8-6-18(38-4)7-9-19)11-21(30)25(36)29-17(14-31)10-23(34)35/h6-9,14-15,17,20-21,24H,5,10-13H2,1-4H3,(H,27,37)(H,28,32)(H,29,36)(H,34,35)/t15-,17-,20+,21-,24-/m0/s1. The van der Waals surface area contributed by atoms with Crippen LogP contribution in [-0.4, -0.2) is 90.3 Å². The number of carbonyl (C=O) groups excluding carboxylic acids is 5. The Morgan fingerprint density at radius 3 is 2.31 bits per heavy atom. The molecule has 0 radical (unpaired) electrons. The van der Waals surface area contributed by atoms with E-state index < -0.39 is 60.9 Å². The Kier molecular flexibility index (Phi) is 11.7. The Labute approximate surface area is 226 Å². The quantitative estimate of drug-likeness (QED) is 0.230. The number of ether oxygens (including phenoxy) is 2. The summed E-state index contributed by atoms with van der Waals surface area (Å²) in [4.78, 5) is 74.0. The minimum atomic E-state index is -1.28. The first-order valence-electron chi connectivity index (χ1n) is 12.6. The van der Waals surface area contributed by atoms with Gasteiger partial charge in [-0.2, -0.15) is 0 Å². The molecule has 4 N–H and O–H groups in total. The largest absolute Gasteiger partial charge is 0.497 e. The van der Waals surface area contributed by atoms with Gasteiger partial charge in [0.1, 0.15) is 36.0 Å². The molecule has 13 nitrogen and oxygen atoms in total. The molecule has 0 aromatic heterocycles. The molecule has 0 saturated carbocycles. The van der Waals surface area contributed by atoms with Gasteiger partial charge in [-0.1, -0.05) is 20.3 Å². The number of carboxylic acid groups (broad SMARTS) is 1. The first-order chi connectivity index (χ1) is 18.5. The van der Waals surface area contributed by atoms with Crippen molar-refractivity contribution in [1.29, 1.82) is 0 Å². The van der Waals surface area contributed by atoms with Crippen LogP contribution in [0.1, 0.15) is 40.0 Å². The Morgan fingerprint density at radius 2 is 1.77 bits per heavy atom. The molecule has 1 aromatic rings. The van der Waals surface area contributed by atoms with E-state index in [4.69, 9.17) is 14.6 Å². The molecule has 1 aliphatic heterocycles. The van der Waals surface area contributed by atoms with Crippen LogP contribution in [0.3, 0.4) is 0 Å². The Bertz CT molecular complexity index is 1050. The van der Waals surface area contributed by atoms with Gasteiger partial charge in [0.05, 0.1) is 32.7 Å². The summed E-state index contributed by atoms with van der Waals surface area (Å²) in [5, 5.41) is 16.5. The lowest BCUT2D eigenvalue weighted by molar-refractivity contribution is -0.141. The second kappa shape index (κ2) is 14.7. The van der Waals surface area contributed by atoms with Crippen LogP contribution >= 0.6 is 0 Å². The summed E-state index contributed by atoms with van der Waals surface area (Å²) in [5.74, 6) is -2.60. The summed E-state index contributed by atoms with van der Waals surface area (Å²) in [5.41, 5.74) is 0. The van der Waals surface area contributed by atoms with Gasteiger partial charge < -0.3 is 40.2 Å². The van der Waals surface area contributed by atoms with Gasteiger partial charge in [-0.15, -0.1) is 0 Å². The van der Waals surface area contributed by atoms with Crippen molar-refractivity contribution in [1.82, 2.24) is 20.9 Å². The topological polar surface area (TPSA) is 180 Å². The SMILES string of the molecule is CC[C@H](C)[C@H](NC(C)=O)C(=O)NCC(=O)N1C[C@H](Oc2ccc(OC)cc2)C[C@H]1C(=O)N[C@H](C=O)CC(=O)O. The highest BCUT2D eigenvalue weighted by Crippen LogP contribution is 2.25. The van der Waals surface area contributed by atoms with Gasteiger partial charge in [0.15, 0.2) is 0 Å². The van der Waals surface area contributed by atoms with E-state index in [-0.39, 0.29) is 24.8 Å². The summed E-state index contributed by atoms with van der Waals surface area (Å²) >= 11 is 0. The zero-order chi connectivity index (χ0) is 29.1. The fourth-order valence-corrected chi connectivity index (χ4v) is 4.15. The summed E-state index contributed by atoms with van der Waals surface area (Å²) in [6.07, 6.45) is -0.222. The molecule has 1 heterocycles. The van der Waals surface area contributed by atoms with Gasteiger partial charge in [0.25, 0.3) is 0 Å². The van der Waals surface area contributed by atoms with Gasteiger partial charge in [-0.05, 0) is 30.2 Å². The highest BCUT2D eigenvalue weighted by molar-refractivity contribution is 5.93. The first-order valence-corrected chi connectivity index (χ1v) is 12.6. The van der Waals surface area contributed by atoms with E-state index in [1.54, 1.807) is 31.2 Å². The molecular weight excluding hydrogens is 512 g/mol. The molecule has 214 valence electrons. The van der Waals surface area contributed by atoms with Crippen molar-refractivity contribution < 1.29 is 43.3 Å². The summed E-state index contributed by atoms with van der Waals surface area (Å²) < 4.78 is 11.1. The fraction of sp³-hybridized carbons (Fsp3) is 0.538. The second-order valence-electron chi connectivity index (χ2n) is 9.34. The molecule has 1 fully saturated rings. The van der Waals surface area contributed by atoms with Crippen molar-refractivity contribution in [3.8, 4) is 11.5 Å². The van der Waals surface area contributed by atoms with Crippen molar-refractivity contribution in [2.24, 2.45) is 5.92 Å². The molecular formula is C26H36N4O9. The number of carboxylic acids is 1. The molecule has 5 atom stereocenters. The van der Waals surface area contributed by atoms with Crippen LogP contribution in [0, 0.1) is 5.92 Å². The van der Waals surface area contributed by atoms with Gasteiger partial charge in [-0.25, -0.2) is 0 Å². The molecule has 1 saturated heterocycles. The number of hydrogen-bond donors (Lipinski definition) is 4. The summed E-state index contributed by atoms with van der Waals surface area (Å²) in [6.45, 7) is 4.51. The van der Waals surface area contributed by atoms with Crippen LogP contribution in [0.4, 0.5) is 0 Å². The number of methoxy groups -OCH3 is 1. The average molecular weight is 549 g/mol. The highest BCUT2D eigenvalue weighted by Gasteiger charge is 2.41. The molecule has 13 heteroatoms. The molecule has 39 heavy (non-hydrogen) atoms. The molecule has 0 unspecified atom stereocenters. The molecule has 1 aromatic carbocycles. The van der Waals surface area contributed by atoms with Crippen LogP contribution in [-0.2, 0) is 28.8 Å². The van der Waals surface area contributed by atoms with Crippen molar-refractivity contribution in [2.45, 2.75) is 64.3 Å². The Balaban J connectivity index is 2.16. The van der Waals surface area contributed by atoms with Crippen molar-refractivity contribution in [3.63, 3.8) is 0 Å². The minimum absolute atomic E-state index is 0.00396. The third-order valence-electron chi connectivity index (χ3n) is 6.40. The maximum atomic E-state index is 13.2. The van der Waals surface area contributed by atoms with Gasteiger partial charge in [-0.3, -0.25) is 24.0 Å². The van der Waals surface area contributed by atoms with Crippen molar-refractivity contribution in [3.05, 3.63) is 24.3 Å². The van der Waals surface area contributed by atoms with Crippen molar-refractivity contribution in [2.75, 3.05) is 20.2 Å². The first kappa shape index (κ1) is 31.1. The van der Waals surface area contributed by atoms with Crippen LogP contribution < -0.4 is 25.4 Å². The maximum Gasteiger partial charge on any atom is 0.305 e. The second-order valence-corrected chi connectivity index (χ2v) is 9.34. The number of rotatable bonds is 14. The third kappa shape index (κ3) is 9.27. The maximum absolute atomic E-state index is 13.2. The van der Waals surface area contributed by atoms with Crippen molar-refractivity contribution >= 4 is 35.9 Å². The number of amides is 4. The van der Waals surface area contributed by atoms with E-state index in [1.165, 1.54) is 18.9 Å². The van der Waals surface area contributed by atoms with E-state index in [0.717, 1.165) is 0 Å². The molecule has 1 aliphatic rings. The summed E-state index contributed by atoms with van der Waals surface area (Å²) in [7, 11) is 1.52. The van der Waals surface area contributed by atoms with E-state index in [0.29, 0.717) is 24.2 Å². The molecule has 0 bridgehead atoms. The predicted molar refractivity (Wildman–Crippen MR) is 138 cm³/mol. The number of nitrogens with one attached hydrogen (secondary N) is 3. The lowest BCUT2D eigenvalue weighted by Gasteiger charge is -2.26. The van der Waals surface area contributed by atoms with Crippen LogP contribution in [0.5, 0.6) is 11.5 Å². The zero-order valence-corrected chi connectivity index (χ0v) is 22.5. The monoisotopic (exact) mass is 548 g/mol. The molecule has 0 spiro atoms. The average Bonchev–Trinajstić information content (AvgIpc) is 3.33. The van der Waals surface area contributed by atoms with E-state index in [1.807, 2.05) is 6.92 Å². The molecule has 2 rings (SSSR count). The van der Waals surface area contributed by atoms with E-state index >= 15 is 0 Å². The number of carbonyl (C=O) groups is 6. The van der Waals surface area contributed by atoms with Gasteiger partial charge in [0, 0.05) is 13.3 Å². The normalized spacial score (nSPS) is 18.7. The highest BCUT2D eigenvalue weighted by atomic mass is 16.5. The lowest BCUT2D eigenvalue weighted by atomic mass is 9.98. The Hall–Kier alpha value is -4.16. The van der Waals surface area contributed by atoms with Gasteiger partial charge >= 0.3 is 5.97 Å². The summed E-state index contributed by atoms with van der Waals surface area (Å²) in [6, 6.07) is 3.54. The Morgan fingerprint density at radius 1 is 1.13 bits per heavy atom. The zero-order valence-electron chi connectivity index (χ0n) is 22.5. The number of hydrogen-bond acceptors (Lipinski definition) is 8. The van der Waals surface area contributed by atoms with Crippen LogP contribution in [0.25, 0.3) is 0 Å². The third-order valence-corrected chi connectivity index (χ3v) is 6.40.